The predicted octanol–water partition coefficient (Wildman–Crippen LogP) is 1.79. The van der Waals surface area contributed by atoms with Gasteiger partial charge in [-0.2, -0.15) is 0 Å². The van der Waals surface area contributed by atoms with Crippen molar-refractivity contribution in [1.29, 1.82) is 0 Å². The number of fused-ring (bicyclic) bond motifs is 1. The number of imidazole rings is 1. The minimum absolute atomic E-state index is 0.0439. The average Bonchev–Trinajstić information content (AvgIpc) is 2.58. The number of hydrogen-bond donors (Lipinski definition) is 1. The topological polar surface area (TPSA) is 54.6 Å². The van der Waals surface area contributed by atoms with Gasteiger partial charge in [0.05, 0.1) is 11.4 Å². The quantitative estimate of drug-likeness (QED) is 0.885. The maximum atomic E-state index is 12.9. The van der Waals surface area contributed by atoms with E-state index >= 15 is 0 Å². The van der Waals surface area contributed by atoms with Gasteiger partial charge in [-0.15, -0.1) is 11.8 Å². The summed E-state index contributed by atoms with van der Waals surface area (Å²) in [4.78, 5) is 14.5. The van der Waals surface area contributed by atoms with Gasteiger partial charge in [-0.05, 0) is 12.1 Å². The monoisotopic (exact) mass is 240 g/mol. The number of aliphatic carboxylic acids is 1. The van der Waals surface area contributed by atoms with Crippen molar-refractivity contribution in [2.75, 3.05) is 5.75 Å². The molecule has 0 saturated carbocycles. The summed E-state index contributed by atoms with van der Waals surface area (Å²) in [7, 11) is 0. The molecule has 2 heterocycles. The van der Waals surface area contributed by atoms with Crippen LogP contribution in [0.25, 0.3) is 5.65 Å². The van der Waals surface area contributed by atoms with Crippen molar-refractivity contribution >= 4 is 23.4 Å². The zero-order chi connectivity index (χ0) is 11.5. The van der Waals surface area contributed by atoms with Crippen molar-refractivity contribution in [2.24, 2.45) is 0 Å². The van der Waals surface area contributed by atoms with Crippen molar-refractivity contribution in [3.63, 3.8) is 0 Å². The molecule has 0 atom stereocenters. The van der Waals surface area contributed by atoms with E-state index in [1.807, 2.05) is 0 Å². The molecular weight excluding hydrogens is 231 g/mol. The Hall–Kier alpha value is -1.56. The third kappa shape index (κ3) is 2.52. The third-order valence-corrected chi connectivity index (χ3v) is 2.89. The number of nitrogens with zero attached hydrogens (tertiary/aromatic N) is 2. The van der Waals surface area contributed by atoms with Crippen LogP contribution in [0.2, 0.25) is 0 Å². The first-order chi connectivity index (χ1) is 7.65. The molecule has 6 heteroatoms. The lowest BCUT2D eigenvalue weighted by atomic mass is 10.5. The third-order valence-electron chi connectivity index (χ3n) is 1.94. The van der Waals surface area contributed by atoms with E-state index < -0.39 is 5.97 Å². The van der Waals surface area contributed by atoms with E-state index in [1.165, 1.54) is 24.0 Å². The van der Waals surface area contributed by atoms with E-state index in [-0.39, 0.29) is 11.6 Å². The number of carbonyl (C=O) groups is 1. The fourth-order valence-corrected chi connectivity index (χ4v) is 1.95. The number of aromatic nitrogens is 2. The summed E-state index contributed by atoms with van der Waals surface area (Å²) in [6, 6.07) is 2.93. The molecule has 2 aromatic rings. The highest BCUT2D eigenvalue weighted by molar-refractivity contribution is 7.99. The summed E-state index contributed by atoms with van der Waals surface area (Å²) in [5, 5.41) is 8.47. The Kier molecular flexibility index (Phi) is 3.09. The second-order valence-corrected chi connectivity index (χ2v) is 4.22. The van der Waals surface area contributed by atoms with Crippen LogP contribution in [0.4, 0.5) is 4.39 Å². The molecule has 0 aliphatic rings. The van der Waals surface area contributed by atoms with Gasteiger partial charge in [-0.3, -0.25) is 4.79 Å². The first kappa shape index (κ1) is 10.9. The van der Waals surface area contributed by atoms with Gasteiger partial charge in [-0.25, -0.2) is 9.37 Å². The normalized spacial score (nSPS) is 10.8. The molecule has 0 aromatic carbocycles. The fraction of sp³-hybridized carbons (Fsp3) is 0.200. The SMILES string of the molecule is O=C(O)CSCc1cn2cc(F)ccc2n1. The molecule has 16 heavy (non-hydrogen) atoms. The van der Waals surface area contributed by atoms with Crippen molar-refractivity contribution < 1.29 is 14.3 Å². The number of carboxylic acid groups (broad SMARTS) is 1. The van der Waals surface area contributed by atoms with Crippen molar-refractivity contribution in [3.8, 4) is 0 Å². The van der Waals surface area contributed by atoms with Crippen LogP contribution in [0, 0.1) is 5.82 Å². The Morgan fingerprint density at radius 3 is 3.06 bits per heavy atom. The molecule has 0 bridgehead atoms. The molecule has 0 spiro atoms. The number of carboxylic acids is 1. The molecule has 4 nitrogen and oxygen atoms in total. The van der Waals surface area contributed by atoms with Crippen LogP contribution >= 0.6 is 11.8 Å². The maximum absolute atomic E-state index is 12.9. The summed E-state index contributed by atoms with van der Waals surface area (Å²) in [6.45, 7) is 0. The molecule has 1 N–H and O–H groups in total. The van der Waals surface area contributed by atoms with E-state index in [1.54, 1.807) is 16.7 Å². The molecule has 2 rings (SSSR count). The molecule has 0 unspecified atom stereocenters. The Labute approximate surface area is 95.1 Å². The Bertz CT molecular complexity index is 527. The van der Waals surface area contributed by atoms with Crippen molar-refractivity contribution in [2.45, 2.75) is 5.75 Å². The second-order valence-electron chi connectivity index (χ2n) is 3.23. The highest BCUT2D eigenvalue weighted by atomic mass is 32.2. The zero-order valence-electron chi connectivity index (χ0n) is 8.26. The van der Waals surface area contributed by atoms with Gasteiger partial charge in [0, 0.05) is 18.1 Å². The molecule has 0 saturated heterocycles. The van der Waals surface area contributed by atoms with Gasteiger partial charge in [-0.1, -0.05) is 0 Å². The van der Waals surface area contributed by atoms with E-state index in [4.69, 9.17) is 5.11 Å². The first-order valence-electron chi connectivity index (χ1n) is 4.58. The van der Waals surface area contributed by atoms with Gasteiger partial charge >= 0.3 is 5.97 Å². The second kappa shape index (κ2) is 4.52. The largest absolute Gasteiger partial charge is 0.481 e. The highest BCUT2D eigenvalue weighted by Crippen LogP contribution is 2.13. The van der Waals surface area contributed by atoms with Crippen LogP contribution in [0.1, 0.15) is 5.69 Å². The van der Waals surface area contributed by atoms with Crippen LogP contribution in [-0.2, 0) is 10.5 Å². The zero-order valence-corrected chi connectivity index (χ0v) is 9.08. The summed E-state index contributed by atoms with van der Waals surface area (Å²) >= 11 is 1.26. The number of thioether (sulfide) groups is 1. The summed E-state index contributed by atoms with van der Waals surface area (Å²) in [5.74, 6) is -0.618. The Morgan fingerprint density at radius 1 is 1.50 bits per heavy atom. The molecule has 2 aromatic heterocycles. The lowest BCUT2D eigenvalue weighted by Crippen LogP contribution is -1.98. The minimum Gasteiger partial charge on any atom is -0.481 e. The van der Waals surface area contributed by atoms with Crippen LogP contribution in [-0.4, -0.2) is 26.2 Å². The maximum Gasteiger partial charge on any atom is 0.313 e. The van der Waals surface area contributed by atoms with Crippen LogP contribution in [0.3, 0.4) is 0 Å². The molecule has 0 radical (unpaired) electrons. The van der Waals surface area contributed by atoms with Gasteiger partial charge in [0.25, 0.3) is 0 Å². The number of rotatable bonds is 4. The number of hydrogen-bond acceptors (Lipinski definition) is 3. The number of halogens is 1. The van der Waals surface area contributed by atoms with Crippen molar-refractivity contribution in [3.05, 3.63) is 36.0 Å². The van der Waals surface area contributed by atoms with Gasteiger partial charge in [0.1, 0.15) is 11.5 Å². The lowest BCUT2D eigenvalue weighted by Gasteiger charge is -1.92. The van der Waals surface area contributed by atoms with Crippen molar-refractivity contribution in [1.82, 2.24) is 9.38 Å². The standard InChI is InChI=1S/C10H9FN2O2S/c11-7-1-2-9-12-8(4-13(9)3-7)5-16-6-10(14)15/h1-4H,5-6H2,(H,14,15). The summed E-state index contributed by atoms with van der Waals surface area (Å²) in [6.07, 6.45) is 3.04. The lowest BCUT2D eigenvalue weighted by molar-refractivity contribution is -0.133. The van der Waals surface area contributed by atoms with E-state index in [0.29, 0.717) is 11.4 Å². The minimum atomic E-state index is -0.847. The molecule has 0 aliphatic carbocycles. The smallest absolute Gasteiger partial charge is 0.313 e. The van der Waals surface area contributed by atoms with E-state index in [0.717, 1.165) is 5.69 Å². The summed E-state index contributed by atoms with van der Waals surface area (Å²) in [5.41, 5.74) is 1.41. The predicted molar refractivity (Wildman–Crippen MR) is 58.9 cm³/mol. The van der Waals surface area contributed by atoms with Crippen LogP contribution in [0.15, 0.2) is 24.5 Å². The van der Waals surface area contributed by atoms with Crippen LogP contribution in [0.5, 0.6) is 0 Å². The Morgan fingerprint density at radius 2 is 2.31 bits per heavy atom. The first-order valence-corrected chi connectivity index (χ1v) is 5.73. The fourth-order valence-electron chi connectivity index (χ4n) is 1.33. The molecule has 84 valence electrons. The highest BCUT2D eigenvalue weighted by Gasteiger charge is 2.04. The van der Waals surface area contributed by atoms with Crippen LogP contribution < -0.4 is 0 Å². The van der Waals surface area contributed by atoms with E-state index in [9.17, 15) is 9.18 Å². The Balaban J connectivity index is 2.10. The molecular formula is C10H9FN2O2S. The van der Waals surface area contributed by atoms with E-state index in [2.05, 4.69) is 4.98 Å². The summed E-state index contributed by atoms with van der Waals surface area (Å²) < 4.78 is 14.5. The number of pyridine rings is 1. The van der Waals surface area contributed by atoms with Gasteiger partial charge in [0.2, 0.25) is 0 Å². The molecule has 0 amide bonds. The van der Waals surface area contributed by atoms with Gasteiger partial charge in [0.15, 0.2) is 0 Å². The molecule has 0 fully saturated rings. The molecule has 0 aliphatic heterocycles. The van der Waals surface area contributed by atoms with Gasteiger partial charge < -0.3 is 9.51 Å². The average molecular weight is 240 g/mol.